The number of rotatable bonds is 24. The second-order valence-corrected chi connectivity index (χ2v) is 12.0. The van der Waals surface area contributed by atoms with Crippen LogP contribution in [-0.2, 0) is 10.0 Å². The molecule has 198 valence electrons. The molecule has 4 heteroatoms. The first-order valence-corrected chi connectivity index (χ1v) is 16.1. The van der Waals surface area contributed by atoms with E-state index in [1.165, 1.54) is 103 Å². The van der Waals surface area contributed by atoms with Gasteiger partial charge in [0.1, 0.15) is 0 Å². The van der Waals surface area contributed by atoms with Crippen LogP contribution >= 0.6 is 0 Å². The molecule has 34 heavy (non-hydrogen) atoms. The summed E-state index contributed by atoms with van der Waals surface area (Å²) in [6.07, 6.45) is 25.4. The Balaban J connectivity index is 2.32. The van der Waals surface area contributed by atoms with Crippen LogP contribution in [0.4, 0.5) is 0 Å². The third-order valence-electron chi connectivity index (χ3n) is 6.90. The molecule has 1 rings (SSSR count). The summed E-state index contributed by atoms with van der Waals surface area (Å²) in [5, 5.41) is 0. The molecule has 0 bridgehead atoms. The van der Waals surface area contributed by atoms with Crippen molar-refractivity contribution in [3.8, 4) is 0 Å². The van der Waals surface area contributed by atoms with Crippen LogP contribution in [-0.4, -0.2) is 25.8 Å². The molecule has 1 aromatic rings. The lowest BCUT2D eigenvalue weighted by atomic mass is 10.1. The molecule has 0 saturated carbocycles. The summed E-state index contributed by atoms with van der Waals surface area (Å²) in [6, 6.07) is 9.00. The van der Waals surface area contributed by atoms with Crippen molar-refractivity contribution in [1.29, 1.82) is 0 Å². The van der Waals surface area contributed by atoms with E-state index in [2.05, 4.69) is 13.8 Å². The average molecular weight is 494 g/mol. The number of nitrogens with zero attached hydrogens (tertiary/aromatic N) is 1. The summed E-state index contributed by atoms with van der Waals surface area (Å²) in [6.45, 7) is 5.84. The van der Waals surface area contributed by atoms with Crippen molar-refractivity contribution in [3.63, 3.8) is 0 Å². The minimum Gasteiger partial charge on any atom is -0.207 e. The van der Waals surface area contributed by atoms with Crippen LogP contribution in [0.25, 0.3) is 0 Å². The van der Waals surface area contributed by atoms with Gasteiger partial charge in [0.05, 0.1) is 4.90 Å². The molecule has 0 saturated heterocycles. The van der Waals surface area contributed by atoms with Crippen LogP contribution in [0.1, 0.15) is 142 Å². The molecule has 0 heterocycles. The Morgan fingerprint density at radius 2 is 0.824 bits per heavy atom. The van der Waals surface area contributed by atoms with Crippen molar-refractivity contribution < 1.29 is 8.42 Å². The van der Waals surface area contributed by atoms with Gasteiger partial charge in [-0.3, -0.25) is 0 Å². The smallest absolute Gasteiger partial charge is 0.207 e. The topological polar surface area (TPSA) is 37.4 Å². The van der Waals surface area contributed by atoms with E-state index >= 15 is 0 Å². The number of hydrogen-bond acceptors (Lipinski definition) is 2. The van der Waals surface area contributed by atoms with Gasteiger partial charge in [-0.05, 0) is 25.0 Å². The lowest BCUT2D eigenvalue weighted by molar-refractivity contribution is 0.383. The van der Waals surface area contributed by atoms with Gasteiger partial charge in [-0.25, -0.2) is 8.42 Å². The SMILES string of the molecule is CCCCCCCCCCCCN(CCCCCCCCCCCC)S(=O)(=O)c1ccccc1. The number of hydrogen-bond donors (Lipinski definition) is 0. The molecule has 0 atom stereocenters. The Morgan fingerprint density at radius 3 is 1.18 bits per heavy atom. The number of unbranched alkanes of at least 4 members (excludes halogenated alkanes) is 18. The van der Waals surface area contributed by atoms with Crippen molar-refractivity contribution >= 4 is 10.0 Å². The van der Waals surface area contributed by atoms with Gasteiger partial charge in [0.15, 0.2) is 0 Å². The number of benzene rings is 1. The van der Waals surface area contributed by atoms with Crippen LogP contribution in [0.2, 0.25) is 0 Å². The van der Waals surface area contributed by atoms with Crippen molar-refractivity contribution in [1.82, 2.24) is 4.31 Å². The summed E-state index contributed by atoms with van der Waals surface area (Å²) >= 11 is 0. The summed E-state index contributed by atoms with van der Waals surface area (Å²) in [5.41, 5.74) is 0. The predicted molar refractivity (Wildman–Crippen MR) is 149 cm³/mol. The highest BCUT2D eigenvalue weighted by atomic mass is 32.2. The van der Waals surface area contributed by atoms with Gasteiger partial charge in [0, 0.05) is 13.1 Å². The van der Waals surface area contributed by atoms with E-state index in [1.54, 1.807) is 16.4 Å². The molecule has 0 fully saturated rings. The molecule has 0 aliphatic carbocycles. The Morgan fingerprint density at radius 1 is 0.500 bits per heavy atom. The Kier molecular flexibility index (Phi) is 19.6. The first kappa shape index (κ1) is 31.2. The lowest BCUT2D eigenvalue weighted by Crippen LogP contribution is -2.33. The van der Waals surface area contributed by atoms with Crippen LogP contribution in [0.3, 0.4) is 0 Å². The largest absolute Gasteiger partial charge is 0.243 e. The molecule has 0 unspecified atom stereocenters. The maximum atomic E-state index is 13.2. The zero-order chi connectivity index (χ0) is 24.7. The fourth-order valence-electron chi connectivity index (χ4n) is 4.64. The molecule has 0 amide bonds. The summed E-state index contributed by atoms with van der Waals surface area (Å²) in [5.74, 6) is 0. The average Bonchev–Trinajstić information content (AvgIpc) is 2.85. The van der Waals surface area contributed by atoms with E-state index in [-0.39, 0.29) is 0 Å². The van der Waals surface area contributed by atoms with E-state index in [0.29, 0.717) is 18.0 Å². The second kappa shape index (κ2) is 21.4. The molecule has 0 N–H and O–H groups in total. The third-order valence-corrected chi connectivity index (χ3v) is 8.82. The van der Waals surface area contributed by atoms with Gasteiger partial charge in [-0.1, -0.05) is 148 Å². The molecule has 0 aliphatic heterocycles. The van der Waals surface area contributed by atoms with Crippen LogP contribution in [0.15, 0.2) is 35.2 Å². The molecule has 3 nitrogen and oxygen atoms in total. The van der Waals surface area contributed by atoms with Crippen LogP contribution < -0.4 is 0 Å². The Bertz CT molecular complexity index is 636. The quantitative estimate of drug-likeness (QED) is 0.134. The molecule has 0 aliphatic rings. The van der Waals surface area contributed by atoms with Crippen molar-refractivity contribution in [2.45, 2.75) is 147 Å². The van der Waals surface area contributed by atoms with Crippen molar-refractivity contribution in [2.75, 3.05) is 13.1 Å². The van der Waals surface area contributed by atoms with E-state index in [1.807, 2.05) is 18.2 Å². The van der Waals surface area contributed by atoms with E-state index in [9.17, 15) is 8.42 Å². The van der Waals surface area contributed by atoms with E-state index in [4.69, 9.17) is 0 Å². The predicted octanol–water partition coefficient (Wildman–Crippen LogP) is 9.52. The standard InChI is InChI=1S/C30H55NO2S/c1-3-5-7-9-11-13-15-17-19-24-28-31(34(32,33)30-26-22-21-23-27-30)29-25-20-18-16-14-12-10-8-6-4-2/h21-23,26-27H,3-20,24-25,28-29H2,1-2H3. The first-order chi connectivity index (χ1) is 16.6. The zero-order valence-electron chi connectivity index (χ0n) is 22.6. The van der Waals surface area contributed by atoms with Crippen LogP contribution in [0.5, 0.6) is 0 Å². The molecule has 0 aromatic heterocycles. The van der Waals surface area contributed by atoms with Gasteiger partial charge < -0.3 is 0 Å². The van der Waals surface area contributed by atoms with Gasteiger partial charge in [0.25, 0.3) is 0 Å². The second-order valence-electron chi connectivity index (χ2n) is 10.1. The van der Waals surface area contributed by atoms with E-state index < -0.39 is 10.0 Å². The van der Waals surface area contributed by atoms with Gasteiger partial charge >= 0.3 is 0 Å². The highest BCUT2D eigenvalue weighted by Crippen LogP contribution is 2.19. The molecule has 1 aromatic carbocycles. The van der Waals surface area contributed by atoms with Gasteiger partial charge in [-0.2, -0.15) is 4.31 Å². The van der Waals surface area contributed by atoms with Gasteiger partial charge in [0.2, 0.25) is 10.0 Å². The zero-order valence-corrected chi connectivity index (χ0v) is 23.4. The maximum Gasteiger partial charge on any atom is 0.243 e. The van der Waals surface area contributed by atoms with Gasteiger partial charge in [-0.15, -0.1) is 0 Å². The molecular formula is C30H55NO2S. The normalized spacial score (nSPS) is 12.0. The third kappa shape index (κ3) is 15.2. The van der Waals surface area contributed by atoms with Crippen LogP contribution in [0, 0.1) is 0 Å². The fraction of sp³-hybridized carbons (Fsp3) is 0.800. The summed E-state index contributed by atoms with van der Waals surface area (Å²) < 4.78 is 28.2. The maximum absolute atomic E-state index is 13.2. The highest BCUT2D eigenvalue weighted by Gasteiger charge is 2.23. The molecule has 0 radical (unpaired) electrons. The minimum atomic E-state index is -3.39. The minimum absolute atomic E-state index is 0.439. The number of sulfonamides is 1. The first-order valence-electron chi connectivity index (χ1n) is 14.7. The Hall–Kier alpha value is -0.870. The monoisotopic (exact) mass is 493 g/mol. The van der Waals surface area contributed by atoms with E-state index in [0.717, 1.165) is 25.7 Å². The van der Waals surface area contributed by atoms with Crippen molar-refractivity contribution in [3.05, 3.63) is 30.3 Å². The van der Waals surface area contributed by atoms with Crippen molar-refractivity contribution in [2.24, 2.45) is 0 Å². The molecular weight excluding hydrogens is 438 g/mol. The summed E-state index contributed by atoms with van der Waals surface area (Å²) in [7, 11) is -3.39. The fourth-order valence-corrected chi connectivity index (χ4v) is 6.18. The highest BCUT2D eigenvalue weighted by molar-refractivity contribution is 7.89. The molecule has 0 spiro atoms. The summed E-state index contributed by atoms with van der Waals surface area (Å²) in [4.78, 5) is 0.439. The lowest BCUT2D eigenvalue weighted by Gasteiger charge is -2.22. The Labute approximate surface area is 213 Å².